The Balaban J connectivity index is 1.92. The van der Waals surface area contributed by atoms with Gasteiger partial charge in [-0.3, -0.25) is 9.59 Å². The number of benzene rings is 2. The number of hydrogen-bond acceptors (Lipinski definition) is 5. The molecule has 2 aromatic rings. The Kier molecular flexibility index (Phi) is 4.53. The topological polar surface area (TPSA) is 84.9 Å². The number of halogens is 1. The van der Waals surface area contributed by atoms with Gasteiger partial charge in [0.2, 0.25) is 0 Å². The van der Waals surface area contributed by atoms with Crippen LogP contribution >= 0.6 is 15.9 Å². The molecule has 1 amide bonds. The molecule has 1 heterocycles. The van der Waals surface area contributed by atoms with Crippen LogP contribution in [0.4, 0.5) is 5.69 Å². The summed E-state index contributed by atoms with van der Waals surface area (Å²) >= 11 is 3.31. The molecule has 0 radical (unpaired) electrons. The fourth-order valence-electron chi connectivity index (χ4n) is 2.85. The van der Waals surface area contributed by atoms with Gasteiger partial charge in [-0.25, -0.2) is 0 Å². The molecule has 2 aromatic carbocycles. The van der Waals surface area contributed by atoms with Crippen molar-refractivity contribution < 1.29 is 24.2 Å². The normalized spacial score (nSPS) is 18.5. The third-order valence-electron chi connectivity index (χ3n) is 4.17. The van der Waals surface area contributed by atoms with Crippen LogP contribution in [0.5, 0.6) is 11.5 Å². The van der Waals surface area contributed by atoms with Crippen LogP contribution in [0.1, 0.15) is 22.3 Å². The lowest BCUT2D eigenvalue weighted by Gasteiger charge is -2.20. The molecule has 0 saturated heterocycles. The van der Waals surface area contributed by atoms with Crippen molar-refractivity contribution in [1.29, 1.82) is 0 Å². The molecule has 7 heteroatoms. The van der Waals surface area contributed by atoms with Crippen LogP contribution in [0.15, 0.2) is 40.9 Å². The maximum absolute atomic E-state index is 12.7. The standard InChI is InChI=1S/C18H16BrNO5/c1-24-15-6-3-10(7-16(15)25-2)14(21)9-18(23)12-5-4-11(19)8-13(12)20-17(18)22/h3-8,23H,9H2,1-2H3,(H,20,22)/t18-/m0/s1. The molecule has 2 N–H and O–H groups in total. The molecule has 1 atom stereocenters. The number of carbonyl (C=O) groups excluding carboxylic acids is 2. The van der Waals surface area contributed by atoms with Gasteiger partial charge in [0.25, 0.3) is 5.91 Å². The number of nitrogens with one attached hydrogen (secondary N) is 1. The molecule has 0 aromatic heterocycles. The van der Waals surface area contributed by atoms with E-state index in [9.17, 15) is 14.7 Å². The molecule has 0 bridgehead atoms. The predicted octanol–water partition coefficient (Wildman–Crippen LogP) is 2.88. The van der Waals surface area contributed by atoms with Crippen LogP contribution in [-0.2, 0) is 10.4 Å². The van der Waals surface area contributed by atoms with Gasteiger partial charge in [-0.2, -0.15) is 0 Å². The zero-order chi connectivity index (χ0) is 18.2. The molecular formula is C18H16BrNO5. The summed E-state index contributed by atoms with van der Waals surface area (Å²) in [5.41, 5.74) is -0.707. The van der Waals surface area contributed by atoms with E-state index in [0.717, 1.165) is 4.47 Å². The summed E-state index contributed by atoms with van der Waals surface area (Å²) in [6, 6.07) is 9.73. The minimum atomic E-state index is -1.90. The minimum Gasteiger partial charge on any atom is -0.493 e. The van der Waals surface area contributed by atoms with Gasteiger partial charge in [0.1, 0.15) is 0 Å². The highest BCUT2D eigenvalue weighted by Crippen LogP contribution is 2.40. The van der Waals surface area contributed by atoms with Gasteiger partial charge in [-0.05, 0) is 30.3 Å². The van der Waals surface area contributed by atoms with Crippen molar-refractivity contribution in [2.45, 2.75) is 12.0 Å². The molecule has 25 heavy (non-hydrogen) atoms. The number of amides is 1. The second-order valence-corrected chi connectivity index (χ2v) is 6.59. The van der Waals surface area contributed by atoms with Crippen molar-refractivity contribution in [2.75, 3.05) is 19.5 Å². The van der Waals surface area contributed by atoms with E-state index < -0.39 is 11.5 Å². The summed E-state index contributed by atoms with van der Waals surface area (Å²) in [6.45, 7) is 0. The Morgan fingerprint density at radius 1 is 1.16 bits per heavy atom. The number of methoxy groups -OCH3 is 2. The summed E-state index contributed by atoms with van der Waals surface area (Å²) in [5, 5.41) is 13.5. The van der Waals surface area contributed by atoms with Crippen molar-refractivity contribution in [1.82, 2.24) is 0 Å². The molecule has 0 spiro atoms. The van der Waals surface area contributed by atoms with Gasteiger partial charge in [0.05, 0.1) is 20.6 Å². The van der Waals surface area contributed by atoms with Gasteiger partial charge in [-0.15, -0.1) is 0 Å². The monoisotopic (exact) mass is 405 g/mol. The highest BCUT2D eigenvalue weighted by molar-refractivity contribution is 9.10. The maximum Gasteiger partial charge on any atom is 0.261 e. The van der Waals surface area contributed by atoms with Crippen LogP contribution in [0.25, 0.3) is 0 Å². The number of ketones is 1. The van der Waals surface area contributed by atoms with Crippen molar-refractivity contribution in [2.24, 2.45) is 0 Å². The number of hydrogen-bond donors (Lipinski definition) is 2. The average Bonchev–Trinajstić information content (AvgIpc) is 2.83. The van der Waals surface area contributed by atoms with E-state index in [1.165, 1.54) is 20.3 Å². The summed E-state index contributed by atoms with van der Waals surface area (Å²) in [5.74, 6) is -0.101. The summed E-state index contributed by atoms with van der Waals surface area (Å²) in [4.78, 5) is 24.9. The second kappa shape index (κ2) is 6.50. The zero-order valence-electron chi connectivity index (χ0n) is 13.6. The molecule has 130 valence electrons. The van der Waals surface area contributed by atoms with Crippen molar-refractivity contribution in [3.8, 4) is 11.5 Å². The van der Waals surface area contributed by atoms with Gasteiger partial charge >= 0.3 is 0 Å². The maximum atomic E-state index is 12.7. The van der Waals surface area contributed by atoms with Gasteiger partial charge < -0.3 is 19.9 Å². The van der Waals surface area contributed by atoms with Crippen LogP contribution in [0.2, 0.25) is 0 Å². The SMILES string of the molecule is COc1ccc(C(=O)C[C@@]2(O)C(=O)Nc3cc(Br)ccc32)cc1OC. The van der Waals surface area contributed by atoms with Gasteiger partial charge in [0.15, 0.2) is 22.9 Å². The zero-order valence-corrected chi connectivity index (χ0v) is 15.2. The minimum absolute atomic E-state index is 0.324. The van der Waals surface area contributed by atoms with Gasteiger partial charge in [0, 0.05) is 21.3 Å². The van der Waals surface area contributed by atoms with E-state index in [0.29, 0.717) is 28.3 Å². The fourth-order valence-corrected chi connectivity index (χ4v) is 3.21. The molecule has 1 aliphatic rings. The third-order valence-corrected chi connectivity index (χ3v) is 4.67. The second-order valence-electron chi connectivity index (χ2n) is 5.67. The molecular weight excluding hydrogens is 390 g/mol. The first-order valence-electron chi connectivity index (χ1n) is 7.48. The van der Waals surface area contributed by atoms with Crippen molar-refractivity contribution in [3.63, 3.8) is 0 Å². The Bertz CT molecular complexity index is 867. The number of aliphatic hydroxyl groups is 1. The smallest absolute Gasteiger partial charge is 0.261 e. The van der Waals surface area contributed by atoms with E-state index in [1.54, 1.807) is 30.3 Å². The fraction of sp³-hybridized carbons (Fsp3) is 0.222. The molecule has 0 fully saturated rings. The highest BCUT2D eigenvalue weighted by atomic mass is 79.9. The molecule has 0 aliphatic carbocycles. The lowest BCUT2D eigenvalue weighted by molar-refractivity contribution is -0.133. The van der Waals surface area contributed by atoms with Crippen molar-refractivity contribution in [3.05, 3.63) is 52.0 Å². The Morgan fingerprint density at radius 3 is 2.56 bits per heavy atom. The Labute approximate surface area is 152 Å². The van der Waals surface area contributed by atoms with Crippen LogP contribution in [0.3, 0.4) is 0 Å². The van der Waals surface area contributed by atoms with E-state index in [-0.39, 0.29) is 12.2 Å². The molecule has 0 unspecified atom stereocenters. The van der Waals surface area contributed by atoms with Gasteiger partial charge in [-0.1, -0.05) is 22.0 Å². The third kappa shape index (κ3) is 3.01. The van der Waals surface area contributed by atoms with E-state index in [1.807, 2.05) is 0 Å². The first-order valence-corrected chi connectivity index (χ1v) is 8.27. The number of rotatable bonds is 5. The lowest BCUT2D eigenvalue weighted by Crippen LogP contribution is -2.36. The first kappa shape index (κ1) is 17.4. The summed E-state index contributed by atoms with van der Waals surface area (Å²) < 4.78 is 11.1. The van der Waals surface area contributed by atoms with E-state index >= 15 is 0 Å². The number of anilines is 1. The lowest BCUT2D eigenvalue weighted by atomic mass is 9.88. The molecule has 6 nitrogen and oxygen atoms in total. The number of carbonyl (C=O) groups is 2. The highest BCUT2D eigenvalue weighted by Gasteiger charge is 2.46. The number of ether oxygens (including phenoxy) is 2. The number of Topliss-reactive ketones (excluding diaryl/α,β-unsaturated/α-hetero) is 1. The largest absolute Gasteiger partial charge is 0.493 e. The van der Waals surface area contributed by atoms with Crippen LogP contribution in [-0.4, -0.2) is 31.0 Å². The summed E-state index contributed by atoms with van der Waals surface area (Å²) in [7, 11) is 2.97. The number of fused-ring (bicyclic) bond motifs is 1. The first-order chi connectivity index (χ1) is 11.9. The Morgan fingerprint density at radius 2 is 1.88 bits per heavy atom. The quantitative estimate of drug-likeness (QED) is 0.747. The summed E-state index contributed by atoms with van der Waals surface area (Å²) in [6.07, 6.45) is -0.372. The van der Waals surface area contributed by atoms with Crippen molar-refractivity contribution >= 4 is 33.3 Å². The van der Waals surface area contributed by atoms with Crippen LogP contribution < -0.4 is 14.8 Å². The van der Waals surface area contributed by atoms with E-state index in [4.69, 9.17) is 9.47 Å². The average molecular weight is 406 g/mol. The molecule has 1 aliphatic heterocycles. The Hall–Kier alpha value is -2.38. The van der Waals surface area contributed by atoms with Crippen LogP contribution in [0, 0.1) is 0 Å². The molecule has 3 rings (SSSR count). The molecule has 0 saturated carbocycles. The predicted molar refractivity (Wildman–Crippen MR) is 95.2 cm³/mol. The van der Waals surface area contributed by atoms with E-state index in [2.05, 4.69) is 21.2 Å².